The first-order valence-corrected chi connectivity index (χ1v) is 16.1. The molecule has 1 aliphatic heterocycles. The molecule has 49 heavy (non-hydrogen) atoms. The number of carbonyl (C=O) groups excluding carboxylic acids is 4. The maximum Gasteiger partial charge on any atom is 0.272 e. The molecule has 0 saturated carbocycles. The molecule has 1 heterocycles. The second-order valence-electron chi connectivity index (χ2n) is 10.8. The minimum Gasteiger partial charge on any atom is -0.321 e. The van der Waals surface area contributed by atoms with Gasteiger partial charge in [0.15, 0.2) is 0 Å². The summed E-state index contributed by atoms with van der Waals surface area (Å²) in [7, 11) is 0. The molecule has 0 aromatic heterocycles. The largest absolute Gasteiger partial charge is 0.321 e. The third-order valence-electron chi connectivity index (χ3n) is 7.37. The van der Waals surface area contributed by atoms with Crippen LogP contribution in [-0.4, -0.2) is 28.9 Å². The summed E-state index contributed by atoms with van der Waals surface area (Å²) in [5, 5.41) is 13.1. The number of thioether (sulfide) groups is 1. The highest BCUT2D eigenvalue weighted by atomic mass is 32.2. The molecule has 0 bridgehead atoms. The Hall–Kier alpha value is -6.20. The number of rotatable bonds is 10. The van der Waals surface area contributed by atoms with Crippen molar-refractivity contribution in [1.29, 1.82) is 0 Å². The van der Waals surface area contributed by atoms with Gasteiger partial charge in [-0.05, 0) is 84.9 Å². The summed E-state index contributed by atoms with van der Waals surface area (Å²) in [5.74, 6) is -2.38. The number of hydrogen-bond acceptors (Lipinski definition) is 7. The maximum atomic E-state index is 14.4. The Balaban J connectivity index is 1.10. The molecule has 0 radical (unpaired) electrons. The van der Waals surface area contributed by atoms with Gasteiger partial charge in [0.1, 0.15) is 11.5 Å². The molecule has 1 saturated heterocycles. The van der Waals surface area contributed by atoms with E-state index in [0.717, 1.165) is 0 Å². The van der Waals surface area contributed by atoms with Crippen LogP contribution in [0, 0.1) is 5.82 Å². The summed E-state index contributed by atoms with van der Waals surface area (Å²) in [6.45, 7) is 0. The summed E-state index contributed by atoms with van der Waals surface area (Å²) in [5.41, 5.74) is 2.45. The molecular weight excluding hydrogens is 642 g/mol. The quantitative estimate of drug-likeness (QED) is 0.0885. The molecule has 9 nitrogen and oxygen atoms in total. The van der Waals surface area contributed by atoms with Crippen molar-refractivity contribution in [2.24, 2.45) is 10.2 Å². The van der Waals surface area contributed by atoms with Gasteiger partial charge < -0.3 is 10.6 Å². The predicted octanol–water partition coefficient (Wildman–Crippen LogP) is 8.07. The average molecular weight is 670 g/mol. The van der Waals surface area contributed by atoms with E-state index in [0.29, 0.717) is 33.2 Å². The molecule has 1 atom stereocenters. The second-order valence-corrected chi connectivity index (χ2v) is 12.1. The SMILES string of the molecule is O=C(Nc1ccc(SC2CC(=O)N(c3ccc(N=Nc4ccccc4)cc3)C2=O)cc1)/C(=C/c1ccccc1F)NC(=O)c1ccccc1. The topological polar surface area (TPSA) is 120 Å². The minimum atomic E-state index is -0.660. The highest BCUT2D eigenvalue weighted by Crippen LogP contribution is 2.35. The number of halogens is 1. The van der Waals surface area contributed by atoms with E-state index in [9.17, 15) is 23.6 Å². The Kier molecular flexibility index (Phi) is 10.1. The van der Waals surface area contributed by atoms with Gasteiger partial charge in [-0.3, -0.25) is 19.2 Å². The van der Waals surface area contributed by atoms with Crippen molar-refractivity contribution in [2.75, 3.05) is 10.2 Å². The van der Waals surface area contributed by atoms with Gasteiger partial charge in [0, 0.05) is 28.1 Å². The van der Waals surface area contributed by atoms with Crippen molar-refractivity contribution in [3.8, 4) is 0 Å². The van der Waals surface area contributed by atoms with Crippen LogP contribution >= 0.6 is 11.8 Å². The maximum absolute atomic E-state index is 14.4. The molecular formula is C38H28FN5O4S. The van der Waals surface area contributed by atoms with Crippen LogP contribution in [0.5, 0.6) is 0 Å². The normalized spacial score (nSPS) is 14.7. The third-order valence-corrected chi connectivity index (χ3v) is 8.57. The number of hydrogen-bond donors (Lipinski definition) is 2. The third kappa shape index (κ3) is 8.21. The fraction of sp³-hybridized carbons (Fsp3) is 0.0526. The van der Waals surface area contributed by atoms with Gasteiger partial charge in [0.25, 0.3) is 11.8 Å². The van der Waals surface area contributed by atoms with Crippen LogP contribution in [0.4, 0.5) is 27.1 Å². The molecule has 0 spiro atoms. The fourth-order valence-electron chi connectivity index (χ4n) is 4.92. The van der Waals surface area contributed by atoms with Gasteiger partial charge in [0.05, 0.1) is 22.3 Å². The zero-order chi connectivity index (χ0) is 34.2. The van der Waals surface area contributed by atoms with Crippen LogP contribution in [0.15, 0.2) is 154 Å². The first kappa shape index (κ1) is 32.7. The smallest absolute Gasteiger partial charge is 0.272 e. The zero-order valence-corrected chi connectivity index (χ0v) is 26.6. The number of amides is 4. The molecule has 242 valence electrons. The predicted molar refractivity (Wildman–Crippen MR) is 187 cm³/mol. The number of imide groups is 1. The first-order valence-electron chi connectivity index (χ1n) is 15.2. The first-order chi connectivity index (χ1) is 23.8. The molecule has 1 unspecified atom stereocenters. The highest BCUT2D eigenvalue weighted by molar-refractivity contribution is 8.00. The number of carbonyl (C=O) groups is 4. The Morgan fingerprint density at radius 1 is 0.755 bits per heavy atom. The van der Waals surface area contributed by atoms with E-state index in [2.05, 4.69) is 20.9 Å². The van der Waals surface area contributed by atoms with Crippen molar-refractivity contribution in [1.82, 2.24) is 5.32 Å². The Morgan fingerprint density at radius 2 is 1.37 bits per heavy atom. The lowest BCUT2D eigenvalue weighted by Gasteiger charge is -2.15. The fourth-order valence-corrected chi connectivity index (χ4v) is 5.97. The standard InChI is InChI=1S/C38H28FN5O4S/c39-32-14-8-7-11-26(32)23-33(41-36(46)25-9-3-1-4-10-25)37(47)40-27-17-21-31(22-18-27)49-34-24-35(45)44(38(34)48)30-19-15-29(16-20-30)43-42-28-12-5-2-6-13-28/h1-23,34H,24H2,(H,40,47)(H,41,46)/b33-23-,43-42?. The van der Waals surface area contributed by atoms with E-state index in [1.54, 1.807) is 84.9 Å². The van der Waals surface area contributed by atoms with E-state index in [4.69, 9.17) is 0 Å². The van der Waals surface area contributed by atoms with Crippen LogP contribution in [-0.2, 0) is 14.4 Å². The Labute approximate surface area is 285 Å². The lowest BCUT2D eigenvalue weighted by molar-refractivity contribution is -0.121. The lowest BCUT2D eigenvalue weighted by Crippen LogP contribution is -2.31. The van der Waals surface area contributed by atoms with Crippen LogP contribution in [0.2, 0.25) is 0 Å². The van der Waals surface area contributed by atoms with Crippen molar-refractivity contribution in [3.05, 3.63) is 156 Å². The number of nitrogens with one attached hydrogen (secondary N) is 2. The van der Waals surface area contributed by atoms with E-state index in [1.807, 2.05) is 30.3 Å². The van der Waals surface area contributed by atoms with E-state index < -0.39 is 22.9 Å². The van der Waals surface area contributed by atoms with Crippen LogP contribution in [0.1, 0.15) is 22.3 Å². The van der Waals surface area contributed by atoms with Gasteiger partial charge in [-0.15, -0.1) is 11.8 Å². The van der Waals surface area contributed by atoms with E-state index in [-0.39, 0.29) is 29.5 Å². The molecule has 5 aromatic carbocycles. The monoisotopic (exact) mass is 669 g/mol. The van der Waals surface area contributed by atoms with Gasteiger partial charge in [-0.2, -0.15) is 10.2 Å². The zero-order valence-electron chi connectivity index (χ0n) is 25.8. The summed E-state index contributed by atoms with van der Waals surface area (Å²) >= 11 is 1.25. The molecule has 6 rings (SSSR count). The van der Waals surface area contributed by atoms with Crippen LogP contribution in [0.25, 0.3) is 6.08 Å². The lowest BCUT2D eigenvalue weighted by atomic mass is 10.1. The van der Waals surface area contributed by atoms with E-state index >= 15 is 0 Å². The molecule has 2 N–H and O–H groups in total. The molecule has 1 fully saturated rings. The van der Waals surface area contributed by atoms with Crippen molar-refractivity contribution < 1.29 is 23.6 Å². The van der Waals surface area contributed by atoms with E-state index in [1.165, 1.54) is 40.9 Å². The minimum absolute atomic E-state index is 0.0305. The summed E-state index contributed by atoms with van der Waals surface area (Å²) in [6.07, 6.45) is 1.30. The van der Waals surface area contributed by atoms with Crippen molar-refractivity contribution in [2.45, 2.75) is 16.6 Å². The summed E-state index contributed by atoms with van der Waals surface area (Å²) < 4.78 is 14.4. The van der Waals surface area contributed by atoms with Gasteiger partial charge in [0.2, 0.25) is 11.8 Å². The number of benzene rings is 5. The molecule has 0 aliphatic carbocycles. The molecule has 1 aliphatic rings. The molecule has 11 heteroatoms. The number of anilines is 2. The van der Waals surface area contributed by atoms with Crippen LogP contribution < -0.4 is 15.5 Å². The van der Waals surface area contributed by atoms with Gasteiger partial charge >= 0.3 is 0 Å². The van der Waals surface area contributed by atoms with Crippen LogP contribution in [0.3, 0.4) is 0 Å². The van der Waals surface area contributed by atoms with Gasteiger partial charge in [-0.25, -0.2) is 9.29 Å². The molecule has 4 amide bonds. The Bertz CT molecular complexity index is 2050. The molecule has 5 aromatic rings. The second kappa shape index (κ2) is 15.1. The van der Waals surface area contributed by atoms with Gasteiger partial charge in [-0.1, -0.05) is 54.6 Å². The highest BCUT2D eigenvalue weighted by Gasteiger charge is 2.40. The number of azo groups is 1. The summed E-state index contributed by atoms with van der Waals surface area (Å²) in [6, 6.07) is 37.0. The summed E-state index contributed by atoms with van der Waals surface area (Å²) in [4.78, 5) is 54.2. The Morgan fingerprint density at radius 3 is 2.04 bits per heavy atom. The average Bonchev–Trinajstić information content (AvgIpc) is 3.41. The number of nitrogens with zero attached hydrogens (tertiary/aromatic N) is 3. The van der Waals surface area contributed by atoms with Crippen molar-refractivity contribution >= 4 is 64.2 Å². The van der Waals surface area contributed by atoms with Crippen molar-refractivity contribution in [3.63, 3.8) is 0 Å².